The zero-order valence-corrected chi connectivity index (χ0v) is 9.15. The van der Waals surface area contributed by atoms with Crippen molar-refractivity contribution in [3.63, 3.8) is 0 Å². The molecule has 0 aliphatic heterocycles. The highest BCUT2D eigenvalue weighted by atomic mass is 15.2. The first-order chi connectivity index (χ1) is 7.00. The van der Waals surface area contributed by atoms with Gasteiger partial charge in [0.15, 0.2) is 5.96 Å². The van der Waals surface area contributed by atoms with Crippen LogP contribution in [0.2, 0.25) is 0 Å². The van der Waals surface area contributed by atoms with Gasteiger partial charge in [-0.3, -0.25) is 0 Å². The molecule has 1 heterocycles. The van der Waals surface area contributed by atoms with Crippen molar-refractivity contribution in [3.8, 4) is 0 Å². The maximum atomic E-state index is 5.61. The van der Waals surface area contributed by atoms with Crippen molar-refractivity contribution in [3.05, 3.63) is 18.0 Å². The van der Waals surface area contributed by atoms with Crippen molar-refractivity contribution in [2.45, 2.75) is 6.92 Å². The summed E-state index contributed by atoms with van der Waals surface area (Å²) in [7, 11) is 3.57. The first-order valence-electron chi connectivity index (χ1n) is 4.49. The molecule has 0 aliphatic carbocycles. The lowest BCUT2D eigenvalue weighted by atomic mass is 10.3. The monoisotopic (exact) mass is 208 g/mol. The summed E-state index contributed by atoms with van der Waals surface area (Å²) in [5, 5.41) is 0. The first kappa shape index (κ1) is 11.1. The second kappa shape index (κ2) is 4.50. The second-order valence-corrected chi connectivity index (χ2v) is 3.36. The summed E-state index contributed by atoms with van der Waals surface area (Å²) in [5.74, 6) is 0.466. The molecule has 0 bridgehead atoms. The van der Waals surface area contributed by atoms with Gasteiger partial charge in [0.1, 0.15) is 0 Å². The van der Waals surface area contributed by atoms with E-state index < -0.39 is 0 Å². The number of hydrogen-bond acceptors (Lipinski definition) is 1. The van der Waals surface area contributed by atoms with E-state index >= 15 is 0 Å². The van der Waals surface area contributed by atoms with Gasteiger partial charge in [0.2, 0.25) is 5.96 Å². The number of rotatable bonds is 1. The summed E-state index contributed by atoms with van der Waals surface area (Å²) in [4.78, 5) is 12.6. The lowest BCUT2D eigenvalue weighted by Gasteiger charge is -2.09. The number of aromatic nitrogens is 1. The molecule has 0 aliphatic rings. The van der Waals surface area contributed by atoms with E-state index in [4.69, 9.17) is 11.5 Å². The van der Waals surface area contributed by atoms with Crippen LogP contribution in [0.15, 0.2) is 22.4 Å². The summed E-state index contributed by atoms with van der Waals surface area (Å²) in [6, 6.07) is 0. The van der Waals surface area contributed by atoms with Gasteiger partial charge in [0.25, 0.3) is 0 Å². The number of nitrogens with zero attached hydrogens (tertiary/aromatic N) is 3. The molecule has 0 saturated carbocycles. The predicted octanol–water partition coefficient (Wildman–Crippen LogP) is 0.146. The topological polar surface area (TPSA) is 95.8 Å². The molecule has 0 spiro atoms. The third kappa shape index (κ3) is 3.01. The molecule has 1 rings (SSSR count). The number of nitrogens with one attached hydrogen (secondary N) is 1. The van der Waals surface area contributed by atoms with Crippen LogP contribution in [-0.4, -0.2) is 35.9 Å². The Morgan fingerprint density at radius 2 is 2.00 bits per heavy atom. The average Bonchev–Trinajstić information content (AvgIpc) is 2.51. The minimum absolute atomic E-state index is 0.143. The van der Waals surface area contributed by atoms with E-state index in [2.05, 4.69) is 15.0 Å². The number of hydrogen-bond donors (Lipinski definition) is 3. The summed E-state index contributed by atoms with van der Waals surface area (Å²) >= 11 is 0. The highest BCUT2D eigenvalue weighted by molar-refractivity contribution is 5.94. The number of H-pyrrole nitrogens is 1. The molecule has 0 aromatic carbocycles. The van der Waals surface area contributed by atoms with Crippen LogP contribution in [0.3, 0.4) is 0 Å². The van der Waals surface area contributed by atoms with Gasteiger partial charge in [-0.15, -0.1) is 0 Å². The van der Waals surface area contributed by atoms with Gasteiger partial charge in [-0.25, -0.2) is 4.99 Å². The summed E-state index contributed by atoms with van der Waals surface area (Å²) in [6.45, 7) is 1.93. The molecule has 0 fully saturated rings. The fraction of sp³-hybridized carbons (Fsp3) is 0.333. The Labute approximate surface area is 88.7 Å². The van der Waals surface area contributed by atoms with E-state index in [9.17, 15) is 0 Å². The van der Waals surface area contributed by atoms with Gasteiger partial charge in [-0.05, 0) is 12.5 Å². The molecule has 1 aromatic heterocycles. The fourth-order valence-electron chi connectivity index (χ4n) is 0.920. The molecule has 0 atom stereocenters. The highest BCUT2D eigenvalue weighted by Crippen LogP contribution is 2.16. The maximum Gasteiger partial charge on any atom is 0.223 e. The summed E-state index contributed by atoms with van der Waals surface area (Å²) < 4.78 is 0. The fourth-order valence-corrected chi connectivity index (χ4v) is 0.920. The summed E-state index contributed by atoms with van der Waals surface area (Å²) in [5.41, 5.74) is 13.0. The maximum absolute atomic E-state index is 5.61. The number of aryl methyl sites for hydroxylation is 1. The van der Waals surface area contributed by atoms with Crippen LogP contribution in [0.1, 0.15) is 5.56 Å². The molecular weight excluding hydrogens is 192 g/mol. The third-order valence-electron chi connectivity index (χ3n) is 1.85. The Balaban J connectivity index is 2.86. The van der Waals surface area contributed by atoms with Crippen molar-refractivity contribution in [1.29, 1.82) is 0 Å². The van der Waals surface area contributed by atoms with Gasteiger partial charge >= 0.3 is 0 Å². The van der Waals surface area contributed by atoms with Crippen LogP contribution in [0.25, 0.3) is 0 Å². The highest BCUT2D eigenvalue weighted by Gasteiger charge is 1.99. The predicted molar refractivity (Wildman–Crippen MR) is 62.1 cm³/mol. The number of nitrogens with two attached hydrogens (primary N) is 2. The zero-order chi connectivity index (χ0) is 11.4. The van der Waals surface area contributed by atoms with E-state index in [1.165, 1.54) is 0 Å². The molecule has 6 nitrogen and oxygen atoms in total. The van der Waals surface area contributed by atoms with E-state index in [1.807, 2.05) is 13.1 Å². The molecule has 0 radical (unpaired) electrons. The normalized spacial score (nSPS) is 13.0. The van der Waals surface area contributed by atoms with E-state index in [1.54, 1.807) is 25.2 Å². The molecule has 0 unspecified atom stereocenters. The van der Waals surface area contributed by atoms with Crippen LogP contribution in [0.5, 0.6) is 0 Å². The van der Waals surface area contributed by atoms with Crippen LogP contribution in [0.4, 0.5) is 5.69 Å². The zero-order valence-electron chi connectivity index (χ0n) is 9.15. The van der Waals surface area contributed by atoms with E-state index in [-0.39, 0.29) is 5.96 Å². The SMILES string of the molecule is Cc1c[nH]cc1N=C(N)N=C(N)N(C)C. The van der Waals surface area contributed by atoms with Gasteiger partial charge in [-0.1, -0.05) is 0 Å². The van der Waals surface area contributed by atoms with E-state index in [0.717, 1.165) is 11.3 Å². The largest absolute Gasteiger partial charge is 0.369 e. The van der Waals surface area contributed by atoms with Crippen molar-refractivity contribution in [1.82, 2.24) is 9.88 Å². The third-order valence-corrected chi connectivity index (χ3v) is 1.85. The lowest BCUT2D eigenvalue weighted by molar-refractivity contribution is 0.615. The molecule has 6 heteroatoms. The number of aliphatic imine (C=N–C) groups is 2. The van der Waals surface area contributed by atoms with Crippen LogP contribution in [0, 0.1) is 6.92 Å². The van der Waals surface area contributed by atoms with Gasteiger partial charge in [0, 0.05) is 26.5 Å². The van der Waals surface area contributed by atoms with Crippen molar-refractivity contribution >= 4 is 17.6 Å². The summed E-state index contributed by atoms with van der Waals surface area (Å²) in [6.07, 6.45) is 3.59. The van der Waals surface area contributed by atoms with Gasteiger partial charge < -0.3 is 21.4 Å². The molecular formula is C9H16N6. The Bertz CT molecular complexity index is 387. The Morgan fingerprint density at radius 1 is 1.33 bits per heavy atom. The van der Waals surface area contributed by atoms with Crippen molar-refractivity contribution in [2.24, 2.45) is 21.5 Å². The number of guanidine groups is 2. The van der Waals surface area contributed by atoms with Crippen LogP contribution >= 0.6 is 0 Å². The van der Waals surface area contributed by atoms with Gasteiger partial charge in [-0.2, -0.15) is 4.99 Å². The Morgan fingerprint density at radius 3 is 2.47 bits per heavy atom. The standard InChI is InChI=1S/C9H16N6/c1-6-4-12-5-7(6)13-8(10)14-9(11)15(2)3/h4-5,12H,1-3H3,(H4,10,11,13,14). The van der Waals surface area contributed by atoms with Crippen molar-refractivity contribution < 1.29 is 0 Å². The Kier molecular flexibility index (Phi) is 3.33. The van der Waals surface area contributed by atoms with E-state index in [0.29, 0.717) is 5.96 Å². The molecule has 0 saturated heterocycles. The average molecular weight is 208 g/mol. The van der Waals surface area contributed by atoms with Crippen molar-refractivity contribution in [2.75, 3.05) is 14.1 Å². The molecule has 82 valence electrons. The second-order valence-electron chi connectivity index (χ2n) is 3.36. The van der Waals surface area contributed by atoms with Crippen LogP contribution in [-0.2, 0) is 0 Å². The Hall–Kier alpha value is -1.98. The molecule has 5 N–H and O–H groups in total. The minimum Gasteiger partial charge on any atom is -0.369 e. The first-order valence-corrected chi connectivity index (χ1v) is 4.49. The van der Waals surface area contributed by atoms with Gasteiger partial charge in [0.05, 0.1) is 5.69 Å². The molecule has 0 amide bonds. The lowest BCUT2D eigenvalue weighted by Crippen LogP contribution is -2.32. The quantitative estimate of drug-likeness (QED) is 0.452. The minimum atomic E-state index is 0.143. The number of aromatic amines is 1. The molecule has 15 heavy (non-hydrogen) atoms. The molecule has 1 aromatic rings. The van der Waals surface area contributed by atoms with Crippen LogP contribution < -0.4 is 11.5 Å². The smallest absolute Gasteiger partial charge is 0.223 e.